The SMILES string of the molecule is CC(C)(C)c1cc(C(=O)O)cc(OCc2cccs2)n1. The van der Waals surface area contributed by atoms with Gasteiger partial charge in [0.15, 0.2) is 0 Å². The van der Waals surface area contributed by atoms with Crippen LogP contribution in [0.3, 0.4) is 0 Å². The fraction of sp³-hybridized carbons (Fsp3) is 0.333. The number of carboxylic acids is 1. The van der Waals surface area contributed by atoms with E-state index in [1.807, 2.05) is 38.3 Å². The van der Waals surface area contributed by atoms with Gasteiger partial charge < -0.3 is 9.84 Å². The molecule has 106 valence electrons. The zero-order valence-electron chi connectivity index (χ0n) is 11.7. The molecule has 0 atom stereocenters. The number of carboxylic acid groups (broad SMARTS) is 1. The van der Waals surface area contributed by atoms with Crippen LogP contribution in [0.15, 0.2) is 29.6 Å². The summed E-state index contributed by atoms with van der Waals surface area (Å²) in [6, 6.07) is 6.98. The van der Waals surface area contributed by atoms with Crippen molar-refractivity contribution in [1.82, 2.24) is 4.98 Å². The fourth-order valence-corrected chi connectivity index (χ4v) is 2.24. The largest absolute Gasteiger partial charge is 0.478 e. The first-order valence-electron chi connectivity index (χ1n) is 6.27. The summed E-state index contributed by atoms with van der Waals surface area (Å²) in [4.78, 5) is 16.7. The molecule has 0 amide bonds. The normalized spacial score (nSPS) is 11.3. The number of nitrogens with zero attached hydrogens (tertiary/aromatic N) is 1. The van der Waals surface area contributed by atoms with E-state index in [4.69, 9.17) is 4.74 Å². The number of hydrogen-bond acceptors (Lipinski definition) is 4. The summed E-state index contributed by atoms with van der Waals surface area (Å²) in [5.41, 5.74) is 0.677. The van der Waals surface area contributed by atoms with E-state index in [1.165, 1.54) is 6.07 Å². The smallest absolute Gasteiger partial charge is 0.335 e. The van der Waals surface area contributed by atoms with Gasteiger partial charge in [-0.05, 0) is 17.5 Å². The molecule has 0 spiro atoms. The molecule has 2 rings (SSSR count). The predicted octanol–water partition coefficient (Wildman–Crippen LogP) is 3.72. The molecule has 0 saturated carbocycles. The molecule has 0 aliphatic carbocycles. The highest BCUT2D eigenvalue weighted by Gasteiger charge is 2.19. The standard InChI is InChI=1S/C15H17NO3S/c1-15(2,3)12-7-10(14(17)18)8-13(16-12)19-9-11-5-4-6-20-11/h4-8H,9H2,1-3H3,(H,17,18). The van der Waals surface area contributed by atoms with Crippen molar-refractivity contribution in [3.63, 3.8) is 0 Å². The van der Waals surface area contributed by atoms with Crippen molar-refractivity contribution in [2.24, 2.45) is 0 Å². The molecule has 0 unspecified atom stereocenters. The summed E-state index contributed by atoms with van der Waals surface area (Å²) in [5, 5.41) is 11.1. The Kier molecular flexibility index (Phi) is 4.09. The summed E-state index contributed by atoms with van der Waals surface area (Å²) in [7, 11) is 0. The zero-order valence-corrected chi connectivity index (χ0v) is 12.5. The van der Waals surface area contributed by atoms with Crippen LogP contribution in [-0.2, 0) is 12.0 Å². The van der Waals surface area contributed by atoms with Crippen LogP contribution in [0, 0.1) is 0 Å². The lowest BCUT2D eigenvalue weighted by Crippen LogP contribution is -2.15. The van der Waals surface area contributed by atoms with E-state index in [0.717, 1.165) is 4.88 Å². The highest BCUT2D eigenvalue weighted by molar-refractivity contribution is 7.09. The maximum absolute atomic E-state index is 11.2. The van der Waals surface area contributed by atoms with Gasteiger partial charge in [0.25, 0.3) is 0 Å². The fourth-order valence-electron chi connectivity index (χ4n) is 1.63. The Morgan fingerprint density at radius 3 is 2.70 bits per heavy atom. The summed E-state index contributed by atoms with van der Waals surface area (Å²) in [6.45, 7) is 6.37. The van der Waals surface area contributed by atoms with E-state index in [-0.39, 0.29) is 11.0 Å². The third-order valence-corrected chi connectivity index (χ3v) is 3.61. The molecule has 1 N–H and O–H groups in total. The Labute approximate surface area is 122 Å². The van der Waals surface area contributed by atoms with Crippen LogP contribution < -0.4 is 4.74 Å². The Hall–Kier alpha value is -1.88. The average Bonchev–Trinajstić information content (AvgIpc) is 2.88. The molecular weight excluding hydrogens is 274 g/mol. The van der Waals surface area contributed by atoms with Crippen molar-refractivity contribution < 1.29 is 14.6 Å². The van der Waals surface area contributed by atoms with Gasteiger partial charge in [0.05, 0.1) is 11.3 Å². The molecule has 2 aromatic heterocycles. The van der Waals surface area contributed by atoms with Gasteiger partial charge in [-0.3, -0.25) is 0 Å². The minimum Gasteiger partial charge on any atom is -0.478 e. The third kappa shape index (κ3) is 3.57. The first kappa shape index (κ1) is 14.5. The second kappa shape index (κ2) is 5.63. The molecule has 0 aliphatic rings. The lowest BCUT2D eigenvalue weighted by atomic mass is 9.91. The quantitative estimate of drug-likeness (QED) is 0.932. The van der Waals surface area contributed by atoms with Crippen LogP contribution in [0.25, 0.3) is 0 Å². The molecule has 0 aromatic carbocycles. The first-order valence-corrected chi connectivity index (χ1v) is 7.15. The summed E-state index contributed by atoms with van der Waals surface area (Å²) in [6.07, 6.45) is 0. The number of aromatic nitrogens is 1. The molecule has 0 aliphatic heterocycles. The average molecular weight is 291 g/mol. The maximum atomic E-state index is 11.2. The maximum Gasteiger partial charge on any atom is 0.335 e. The Morgan fingerprint density at radius 2 is 2.15 bits per heavy atom. The summed E-state index contributed by atoms with van der Waals surface area (Å²) >= 11 is 1.59. The van der Waals surface area contributed by atoms with Crippen molar-refractivity contribution >= 4 is 17.3 Å². The number of thiophene rings is 1. The molecule has 0 radical (unpaired) electrons. The predicted molar refractivity (Wildman–Crippen MR) is 78.5 cm³/mol. The van der Waals surface area contributed by atoms with Gasteiger partial charge in [0, 0.05) is 16.4 Å². The van der Waals surface area contributed by atoms with Gasteiger partial charge >= 0.3 is 5.97 Å². The van der Waals surface area contributed by atoms with E-state index in [0.29, 0.717) is 18.2 Å². The molecular formula is C15H17NO3S. The van der Waals surface area contributed by atoms with Gasteiger partial charge in [-0.25, -0.2) is 9.78 Å². The minimum absolute atomic E-state index is 0.200. The molecule has 2 heterocycles. The number of ether oxygens (including phenoxy) is 1. The summed E-state index contributed by atoms with van der Waals surface area (Å²) in [5.74, 6) is -0.623. The van der Waals surface area contributed by atoms with Crippen molar-refractivity contribution in [3.05, 3.63) is 45.8 Å². The summed E-state index contributed by atoms with van der Waals surface area (Å²) < 4.78 is 5.61. The number of aromatic carboxylic acids is 1. The Bertz CT molecular complexity index is 600. The molecule has 20 heavy (non-hydrogen) atoms. The molecule has 0 bridgehead atoms. The first-order chi connectivity index (χ1) is 9.36. The number of hydrogen-bond donors (Lipinski definition) is 1. The van der Waals surface area contributed by atoms with Crippen LogP contribution in [0.4, 0.5) is 0 Å². The van der Waals surface area contributed by atoms with Crippen molar-refractivity contribution in [2.45, 2.75) is 32.8 Å². The molecule has 0 saturated heterocycles. The van der Waals surface area contributed by atoms with Crippen LogP contribution >= 0.6 is 11.3 Å². The van der Waals surface area contributed by atoms with Gasteiger partial charge in [0.2, 0.25) is 5.88 Å². The van der Waals surface area contributed by atoms with E-state index in [1.54, 1.807) is 17.4 Å². The second-order valence-corrected chi connectivity index (χ2v) is 6.53. The van der Waals surface area contributed by atoms with Gasteiger partial charge in [-0.15, -0.1) is 11.3 Å². The third-order valence-electron chi connectivity index (χ3n) is 2.76. The van der Waals surface area contributed by atoms with Crippen LogP contribution in [0.5, 0.6) is 5.88 Å². The van der Waals surface area contributed by atoms with E-state index >= 15 is 0 Å². The van der Waals surface area contributed by atoms with E-state index < -0.39 is 5.97 Å². The lowest BCUT2D eigenvalue weighted by molar-refractivity contribution is 0.0696. The molecule has 4 nitrogen and oxygen atoms in total. The van der Waals surface area contributed by atoms with Gasteiger partial charge in [0.1, 0.15) is 6.61 Å². The van der Waals surface area contributed by atoms with E-state index in [2.05, 4.69) is 4.98 Å². The monoisotopic (exact) mass is 291 g/mol. The molecule has 0 fully saturated rings. The molecule has 2 aromatic rings. The van der Waals surface area contributed by atoms with E-state index in [9.17, 15) is 9.90 Å². The van der Waals surface area contributed by atoms with Crippen LogP contribution in [-0.4, -0.2) is 16.1 Å². The second-order valence-electron chi connectivity index (χ2n) is 5.50. The minimum atomic E-state index is -0.973. The van der Waals surface area contributed by atoms with Gasteiger partial charge in [-0.1, -0.05) is 26.8 Å². The van der Waals surface area contributed by atoms with Gasteiger partial charge in [-0.2, -0.15) is 0 Å². The highest BCUT2D eigenvalue weighted by atomic mass is 32.1. The molecule has 5 heteroatoms. The van der Waals surface area contributed by atoms with Crippen LogP contribution in [0.2, 0.25) is 0 Å². The zero-order chi connectivity index (χ0) is 14.8. The van der Waals surface area contributed by atoms with Crippen molar-refractivity contribution in [2.75, 3.05) is 0 Å². The number of pyridine rings is 1. The highest BCUT2D eigenvalue weighted by Crippen LogP contribution is 2.25. The van der Waals surface area contributed by atoms with Crippen LogP contribution in [0.1, 0.15) is 41.7 Å². The lowest BCUT2D eigenvalue weighted by Gasteiger charge is -2.19. The number of rotatable bonds is 4. The Balaban J connectivity index is 2.27. The van der Waals surface area contributed by atoms with Crippen molar-refractivity contribution in [3.8, 4) is 5.88 Å². The topological polar surface area (TPSA) is 59.4 Å². The number of carbonyl (C=O) groups is 1. The Morgan fingerprint density at radius 1 is 1.40 bits per heavy atom. The van der Waals surface area contributed by atoms with Crippen molar-refractivity contribution in [1.29, 1.82) is 0 Å².